The van der Waals surface area contributed by atoms with Crippen LogP contribution in [0, 0.1) is 6.92 Å². The summed E-state index contributed by atoms with van der Waals surface area (Å²) in [5, 5.41) is 0. The standard InChI is InChI=1S/C11H12NO/c1-9-3-5-10(6-4-9)11(2)7-13-8-12-11/h3-6H,7H2,1-2H3. The molecule has 0 aliphatic carbocycles. The van der Waals surface area contributed by atoms with Gasteiger partial charge in [-0.1, -0.05) is 29.8 Å². The first-order valence-corrected chi connectivity index (χ1v) is 4.36. The van der Waals surface area contributed by atoms with E-state index >= 15 is 0 Å². The van der Waals surface area contributed by atoms with Crippen LogP contribution in [0.2, 0.25) is 0 Å². The van der Waals surface area contributed by atoms with Crippen molar-refractivity contribution in [3.05, 3.63) is 35.4 Å². The molecule has 1 heterocycles. The molecule has 1 atom stereocenters. The minimum atomic E-state index is -0.228. The van der Waals surface area contributed by atoms with Gasteiger partial charge in [-0.15, -0.1) is 0 Å². The molecule has 0 saturated carbocycles. The topological polar surface area (TPSA) is 21.6 Å². The van der Waals surface area contributed by atoms with Crippen LogP contribution in [0.25, 0.3) is 0 Å². The van der Waals surface area contributed by atoms with Crippen LogP contribution in [0.4, 0.5) is 0 Å². The molecule has 1 aliphatic heterocycles. The van der Waals surface area contributed by atoms with Crippen molar-refractivity contribution in [3.63, 3.8) is 0 Å². The summed E-state index contributed by atoms with van der Waals surface area (Å²) in [7, 11) is 0. The molecular formula is C11H12NO. The number of benzene rings is 1. The van der Waals surface area contributed by atoms with Gasteiger partial charge in [0.1, 0.15) is 12.1 Å². The summed E-state index contributed by atoms with van der Waals surface area (Å²) in [5.41, 5.74) is 2.22. The lowest BCUT2D eigenvalue weighted by Gasteiger charge is -2.18. The Balaban J connectivity index is 2.35. The average Bonchev–Trinajstić information content (AvgIpc) is 2.54. The Kier molecular flexibility index (Phi) is 1.83. The molecule has 1 radical (unpaired) electrons. The summed E-state index contributed by atoms with van der Waals surface area (Å²) in [4.78, 5) is 4.20. The third-order valence-electron chi connectivity index (χ3n) is 2.38. The fraction of sp³-hybridized carbons (Fsp3) is 0.364. The van der Waals surface area contributed by atoms with Crippen molar-refractivity contribution in [3.8, 4) is 0 Å². The maximum atomic E-state index is 5.03. The van der Waals surface area contributed by atoms with Crippen LogP contribution in [0.5, 0.6) is 0 Å². The highest BCUT2D eigenvalue weighted by atomic mass is 16.5. The molecule has 1 aromatic rings. The minimum Gasteiger partial charge on any atom is -0.471 e. The number of nitrogens with zero attached hydrogens (tertiary/aromatic N) is 1. The lowest BCUT2D eigenvalue weighted by Crippen LogP contribution is -2.20. The van der Waals surface area contributed by atoms with E-state index in [2.05, 4.69) is 49.5 Å². The summed E-state index contributed by atoms with van der Waals surface area (Å²) >= 11 is 0. The van der Waals surface area contributed by atoms with Crippen molar-refractivity contribution in [2.75, 3.05) is 6.61 Å². The van der Waals surface area contributed by atoms with Crippen LogP contribution >= 0.6 is 0 Å². The Morgan fingerprint density at radius 1 is 1.38 bits per heavy atom. The van der Waals surface area contributed by atoms with Gasteiger partial charge < -0.3 is 4.74 Å². The van der Waals surface area contributed by atoms with E-state index in [1.807, 2.05) is 0 Å². The molecule has 1 aliphatic rings. The Morgan fingerprint density at radius 2 is 2.08 bits per heavy atom. The molecule has 0 amide bonds. The average molecular weight is 174 g/mol. The Labute approximate surface area is 78.3 Å². The SMILES string of the molecule is Cc1ccc(C2(C)CO[C]=N2)cc1. The largest absolute Gasteiger partial charge is 0.471 e. The van der Waals surface area contributed by atoms with Gasteiger partial charge in [0.25, 0.3) is 6.40 Å². The van der Waals surface area contributed by atoms with E-state index in [0.717, 1.165) is 0 Å². The third-order valence-corrected chi connectivity index (χ3v) is 2.38. The Hall–Kier alpha value is -1.31. The molecule has 67 valence electrons. The maximum Gasteiger partial charge on any atom is 0.274 e. The van der Waals surface area contributed by atoms with Gasteiger partial charge in [0.05, 0.1) is 0 Å². The fourth-order valence-electron chi connectivity index (χ4n) is 1.40. The molecule has 0 bridgehead atoms. The molecular weight excluding hydrogens is 162 g/mol. The quantitative estimate of drug-likeness (QED) is 0.639. The summed E-state index contributed by atoms with van der Waals surface area (Å²) in [6.07, 6.45) is 2.55. The highest BCUT2D eigenvalue weighted by molar-refractivity contribution is 5.52. The van der Waals surface area contributed by atoms with Crippen molar-refractivity contribution in [1.29, 1.82) is 0 Å². The summed E-state index contributed by atoms with van der Waals surface area (Å²) in [6.45, 7) is 4.72. The van der Waals surface area contributed by atoms with Gasteiger partial charge in [0.15, 0.2) is 0 Å². The van der Waals surface area contributed by atoms with Crippen LogP contribution in [-0.2, 0) is 10.3 Å². The molecule has 0 aromatic heterocycles. The summed E-state index contributed by atoms with van der Waals surface area (Å²) in [6, 6.07) is 8.37. The molecule has 0 saturated heterocycles. The number of rotatable bonds is 1. The van der Waals surface area contributed by atoms with E-state index in [4.69, 9.17) is 4.74 Å². The molecule has 2 heteroatoms. The van der Waals surface area contributed by atoms with E-state index < -0.39 is 0 Å². The first-order valence-electron chi connectivity index (χ1n) is 4.36. The maximum absolute atomic E-state index is 5.03. The van der Waals surface area contributed by atoms with Crippen LogP contribution in [-0.4, -0.2) is 13.0 Å². The number of aliphatic imine (C=N–C) groups is 1. The van der Waals surface area contributed by atoms with E-state index in [-0.39, 0.29) is 5.54 Å². The Bertz CT molecular complexity index is 328. The van der Waals surface area contributed by atoms with Crippen molar-refractivity contribution >= 4 is 6.40 Å². The first-order chi connectivity index (χ1) is 6.21. The number of hydrogen-bond donors (Lipinski definition) is 0. The molecule has 0 N–H and O–H groups in total. The predicted molar refractivity (Wildman–Crippen MR) is 51.9 cm³/mol. The summed E-state index contributed by atoms with van der Waals surface area (Å²) < 4.78 is 5.03. The molecule has 0 fully saturated rings. The molecule has 0 spiro atoms. The van der Waals surface area contributed by atoms with Gasteiger partial charge >= 0.3 is 0 Å². The molecule has 2 nitrogen and oxygen atoms in total. The zero-order chi connectivity index (χ0) is 9.31. The predicted octanol–water partition coefficient (Wildman–Crippen LogP) is 2.15. The third kappa shape index (κ3) is 1.44. The number of ether oxygens (including phenoxy) is 1. The van der Waals surface area contributed by atoms with E-state index in [1.165, 1.54) is 11.1 Å². The van der Waals surface area contributed by atoms with E-state index in [9.17, 15) is 0 Å². The van der Waals surface area contributed by atoms with Crippen molar-refractivity contribution in [2.45, 2.75) is 19.4 Å². The lowest BCUT2D eigenvalue weighted by atomic mass is 9.93. The van der Waals surface area contributed by atoms with Crippen molar-refractivity contribution < 1.29 is 4.74 Å². The van der Waals surface area contributed by atoms with Crippen molar-refractivity contribution in [1.82, 2.24) is 0 Å². The van der Waals surface area contributed by atoms with Crippen LogP contribution in [0.1, 0.15) is 18.1 Å². The second kappa shape index (κ2) is 2.87. The molecule has 1 unspecified atom stereocenters. The van der Waals surface area contributed by atoms with Gasteiger partial charge in [-0.05, 0) is 19.4 Å². The molecule has 1 aromatic carbocycles. The highest BCUT2D eigenvalue weighted by Crippen LogP contribution is 2.28. The number of aryl methyl sites for hydroxylation is 1. The smallest absolute Gasteiger partial charge is 0.274 e. The van der Waals surface area contributed by atoms with Crippen molar-refractivity contribution in [2.24, 2.45) is 4.99 Å². The number of hydrogen-bond acceptors (Lipinski definition) is 2. The Morgan fingerprint density at radius 3 is 2.62 bits per heavy atom. The van der Waals surface area contributed by atoms with Gasteiger partial charge in [0, 0.05) is 0 Å². The highest BCUT2D eigenvalue weighted by Gasteiger charge is 2.29. The zero-order valence-electron chi connectivity index (χ0n) is 7.87. The van der Waals surface area contributed by atoms with E-state index in [1.54, 1.807) is 0 Å². The first kappa shape index (κ1) is 8.30. The van der Waals surface area contributed by atoms with Gasteiger partial charge in [-0.25, -0.2) is 4.99 Å². The van der Waals surface area contributed by atoms with Gasteiger partial charge in [-0.2, -0.15) is 0 Å². The van der Waals surface area contributed by atoms with Gasteiger partial charge in [-0.3, -0.25) is 0 Å². The zero-order valence-corrected chi connectivity index (χ0v) is 7.87. The lowest BCUT2D eigenvalue weighted by molar-refractivity contribution is 0.276. The van der Waals surface area contributed by atoms with Crippen LogP contribution in [0.3, 0.4) is 0 Å². The minimum absolute atomic E-state index is 0.228. The second-order valence-electron chi connectivity index (χ2n) is 3.63. The monoisotopic (exact) mass is 174 g/mol. The molecule has 2 rings (SSSR count). The van der Waals surface area contributed by atoms with Crippen LogP contribution < -0.4 is 0 Å². The van der Waals surface area contributed by atoms with Gasteiger partial charge in [0.2, 0.25) is 0 Å². The summed E-state index contributed by atoms with van der Waals surface area (Å²) in [5.74, 6) is 0. The van der Waals surface area contributed by atoms with Crippen LogP contribution in [0.15, 0.2) is 29.3 Å². The molecule has 13 heavy (non-hydrogen) atoms. The second-order valence-corrected chi connectivity index (χ2v) is 3.63. The van der Waals surface area contributed by atoms with E-state index in [0.29, 0.717) is 6.61 Å². The fourth-order valence-corrected chi connectivity index (χ4v) is 1.40. The normalized spacial score (nSPS) is 26.0.